The third-order valence-electron chi connectivity index (χ3n) is 3.67. The van der Waals surface area contributed by atoms with Crippen molar-refractivity contribution < 1.29 is 4.74 Å². The molecule has 0 bridgehead atoms. The molecule has 1 saturated heterocycles. The van der Waals surface area contributed by atoms with Gasteiger partial charge >= 0.3 is 0 Å². The number of nitrogens with zero attached hydrogens (tertiary/aromatic N) is 4. The minimum Gasteiger partial charge on any atom is -0.379 e. The van der Waals surface area contributed by atoms with E-state index in [0.29, 0.717) is 12.0 Å². The summed E-state index contributed by atoms with van der Waals surface area (Å²) in [6, 6.07) is 2.07. The first-order valence-electron chi connectivity index (χ1n) is 7.30. The molecule has 3 rings (SSSR count). The van der Waals surface area contributed by atoms with Gasteiger partial charge in [-0.1, -0.05) is 13.8 Å². The molecule has 0 aromatic carbocycles. The highest BCUT2D eigenvalue weighted by atomic mass is 16.5. The lowest BCUT2D eigenvalue weighted by atomic mass is 10.1. The largest absolute Gasteiger partial charge is 0.379 e. The molecule has 1 atom stereocenters. The minimum atomic E-state index is 0.294. The second-order valence-electron chi connectivity index (χ2n) is 5.61. The van der Waals surface area contributed by atoms with Crippen molar-refractivity contribution in [2.24, 2.45) is 0 Å². The Balaban J connectivity index is 1.80. The van der Waals surface area contributed by atoms with Gasteiger partial charge in [-0.05, 0) is 31.2 Å². The number of rotatable bonds is 4. The Morgan fingerprint density at radius 2 is 2.35 bits per heavy atom. The zero-order chi connectivity index (χ0) is 13.9. The third-order valence-corrected chi connectivity index (χ3v) is 3.67. The van der Waals surface area contributed by atoms with Gasteiger partial charge in [0.05, 0.1) is 17.5 Å². The van der Waals surface area contributed by atoms with Gasteiger partial charge in [0.1, 0.15) is 6.33 Å². The Morgan fingerprint density at radius 1 is 1.45 bits per heavy atom. The summed E-state index contributed by atoms with van der Waals surface area (Å²) in [4.78, 5) is 0. The molecule has 1 aliphatic rings. The van der Waals surface area contributed by atoms with Crippen LogP contribution in [0.5, 0.6) is 0 Å². The van der Waals surface area contributed by atoms with E-state index in [2.05, 4.69) is 40.5 Å². The van der Waals surface area contributed by atoms with Crippen LogP contribution >= 0.6 is 0 Å². The van der Waals surface area contributed by atoms with Crippen LogP contribution in [0.25, 0.3) is 5.65 Å². The Morgan fingerprint density at radius 3 is 3.10 bits per heavy atom. The molecule has 1 aliphatic heterocycles. The van der Waals surface area contributed by atoms with Gasteiger partial charge in [0.2, 0.25) is 5.65 Å². The number of aromatic nitrogens is 4. The highest BCUT2D eigenvalue weighted by Gasteiger charge is 2.15. The molecule has 20 heavy (non-hydrogen) atoms. The van der Waals surface area contributed by atoms with Gasteiger partial charge < -0.3 is 10.1 Å². The van der Waals surface area contributed by atoms with Crippen LogP contribution in [0.1, 0.15) is 44.7 Å². The van der Waals surface area contributed by atoms with E-state index in [0.717, 1.165) is 36.6 Å². The molecule has 0 aliphatic carbocycles. The lowest BCUT2D eigenvalue weighted by Gasteiger charge is -2.23. The fourth-order valence-electron chi connectivity index (χ4n) is 2.45. The van der Waals surface area contributed by atoms with Crippen molar-refractivity contribution in [2.75, 3.05) is 18.5 Å². The number of ether oxygens (including phenoxy) is 1. The molecule has 2 aromatic rings. The molecule has 1 fully saturated rings. The average molecular weight is 275 g/mol. The van der Waals surface area contributed by atoms with Crippen molar-refractivity contribution in [1.29, 1.82) is 0 Å². The van der Waals surface area contributed by atoms with Gasteiger partial charge in [-0.15, -0.1) is 10.2 Å². The minimum absolute atomic E-state index is 0.294. The summed E-state index contributed by atoms with van der Waals surface area (Å²) in [5.41, 5.74) is 2.78. The maximum atomic E-state index is 5.75. The van der Waals surface area contributed by atoms with Crippen LogP contribution in [0.15, 0.2) is 12.4 Å². The maximum absolute atomic E-state index is 5.75. The molecule has 1 unspecified atom stereocenters. The highest BCUT2D eigenvalue weighted by molar-refractivity contribution is 5.66. The van der Waals surface area contributed by atoms with Crippen molar-refractivity contribution in [1.82, 2.24) is 19.8 Å². The van der Waals surface area contributed by atoms with Gasteiger partial charge in [0, 0.05) is 13.2 Å². The van der Waals surface area contributed by atoms with Gasteiger partial charge in [-0.3, -0.25) is 0 Å². The lowest BCUT2D eigenvalue weighted by molar-refractivity contribution is 0.0248. The lowest BCUT2D eigenvalue weighted by Crippen LogP contribution is -2.27. The van der Waals surface area contributed by atoms with Gasteiger partial charge in [0.15, 0.2) is 0 Å². The number of fused-ring (bicyclic) bond motifs is 1. The zero-order valence-corrected chi connectivity index (χ0v) is 12.0. The predicted molar refractivity (Wildman–Crippen MR) is 77.0 cm³/mol. The van der Waals surface area contributed by atoms with E-state index < -0.39 is 0 Å². The molecule has 6 nitrogen and oxygen atoms in total. The normalized spacial score (nSPS) is 19.6. The molecule has 0 spiro atoms. The highest BCUT2D eigenvalue weighted by Crippen LogP contribution is 2.21. The third kappa shape index (κ3) is 2.75. The monoisotopic (exact) mass is 275 g/mol. The Kier molecular flexibility index (Phi) is 3.82. The van der Waals surface area contributed by atoms with E-state index in [-0.39, 0.29) is 0 Å². The van der Waals surface area contributed by atoms with E-state index in [1.54, 1.807) is 10.8 Å². The van der Waals surface area contributed by atoms with Gasteiger partial charge in [-0.2, -0.15) is 9.61 Å². The van der Waals surface area contributed by atoms with Crippen molar-refractivity contribution in [3.8, 4) is 0 Å². The summed E-state index contributed by atoms with van der Waals surface area (Å²) in [6.45, 7) is 5.95. The first-order chi connectivity index (χ1) is 9.74. The fraction of sp³-hybridized carbons (Fsp3) is 0.643. The molecule has 2 aromatic heterocycles. The van der Waals surface area contributed by atoms with Crippen LogP contribution < -0.4 is 5.32 Å². The average Bonchev–Trinajstić information content (AvgIpc) is 2.94. The van der Waals surface area contributed by atoms with Crippen LogP contribution in [-0.4, -0.2) is 39.1 Å². The summed E-state index contributed by atoms with van der Waals surface area (Å²) in [5.74, 6) is 0.369. The Labute approximate surface area is 118 Å². The topological polar surface area (TPSA) is 64.3 Å². The van der Waals surface area contributed by atoms with Crippen LogP contribution in [-0.2, 0) is 4.74 Å². The van der Waals surface area contributed by atoms with Crippen LogP contribution in [0, 0.1) is 0 Å². The molecule has 0 radical (unpaired) electrons. The number of nitrogens with one attached hydrogen (secondary N) is 1. The summed E-state index contributed by atoms with van der Waals surface area (Å²) in [7, 11) is 0. The standard InChI is InChI=1S/C14H21N5O/c1-10(2)12-7-13(14-17-16-9-19(14)18-12)15-8-11-5-3-4-6-20-11/h7,9-11,15H,3-6,8H2,1-2H3. The molecule has 3 heterocycles. The first kappa shape index (κ1) is 13.3. The summed E-state index contributed by atoms with van der Waals surface area (Å²) >= 11 is 0. The molecule has 0 amide bonds. The number of hydrogen-bond acceptors (Lipinski definition) is 5. The molecular formula is C14H21N5O. The molecule has 108 valence electrons. The van der Waals surface area contributed by atoms with E-state index in [1.807, 2.05) is 0 Å². The van der Waals surface area contributed by atoms with Crippen molar-refractivity contribution in [3.05, 3.63) is 18.1 Å². The molecule has 6 heteroatoms. The number of anilines is 1. The van der Waals surface area contributed by atoms with Crippen LogP contribution in [0.3, 0.4) is 0 Å². The second kappa shape index (κ2) is 5.75. The second-order valence-corrected chi connectivity index (χ2v) is 5.61. The van der Waals surface area contributed by atoms with Crippen molar-refractivity contribution in [2.45, 2.75) is 45.1 Å². The predicted octanol–water partition coefficient (Wildman–Crippen LogP) is 2.23. The first-order valence-corrected chi connectivity index (χ1v) is 7.30. The van der Waals surface area contributed by atoms with Gasteiger partial charge in [0.25, 0.3) is 0 Å². The van der Waals surface area contributed by atoms with Crippen molar-refractivity contribution >= 4 is 11.3 Å². The fourth-order valence-corrected chi connectivity index (χ4v) is 2.45. The summed E-state index contributed by atoms with van der Waals surface area (Å²) < 4.78 is 7.49. The molecular weight excluding hydrogens is 254 g/mol. The van der Waals surface area contributed by atoms with E-state index in [1.165, 1.54) is 12.8 Å². The van der Waals surface area contributed by atoms with Crippen LogP contribution in [0.2, 0.25) is 0 Å². The van der Waals surface area contributed by atoms with Gasteiger partial charge in [-0.25, -0.2) is 0 Å². The van der Waals surface area contributed by atoms with E-state index in [9.17, 15) is 0 Å². The van der Waals surface area contributed by atoms with E-state index in [4.69, 9.17) is 4.74 Å². The Hall–Kier alpha value is -1.69. The van der Waals surface area contributed by atoms with Crippen LogP contribution in [0.4, 0.5) is 5.69 Å². The molecule has 1 N–H and O–H groups in total. The van der Waals surface area contributed by atoms with Crippen molar-refractivity contribution in [3.63, 3.8) is 0 Å². The smallest absolute Gasteiger partial charge is 0.200 e. The van der Waals surface area contributed by atoms with E-state index >= 15 is 0 Å². The number of hydrogen-bond donors (Lipinski definition) is 1. The maximum Gasteiger partial charge on any atom is 0.200 e. The quantitative estimate of drug-likeness (QED) is 0.927. The Bertz CT molecular complexity index is 574. The summed E-state index contributed by atoms with van der Waals surface area (Å²) in [6.07, 6.45) is 5.49. The molecule has 0 saturated carbocycles. The SMILES string of the molecule is CC(C)c1cc(NCC2CCCCO2)c2nncn2n1. The summed E-state index contributed by atoms with van der Waals surface area (Å²) in [5, 5.41) is 16.0. The zero-order valence-electron chi connectivity index (χ0n) is 12.0.